The Bertz CT molecular complexity index is 1370. The zero-order valence-electron chi connectivity index (χ0n) is 23.2. The lowest BCUT2D eigenvalue weighted by atomic mass is 10.1. The highest BCUT2D eigenvalue weighted by Crippen LogP contribution is 2.26. The second kappa shape index (κ2) is 14.2. The molecule has 40 heavy (non-hydrogen) atoms. The van der Waals surface area contributed by atoms with Crippen LogP contribution in [-0.2, 0) is 26.2 Å². The van der Waals surface area contributed by atoms with Gasteiger partial charge in [0.05, 0.1) is 11.9 Å². The molecule has 0 radical (unpaired) electrons. The van der Waals surface area contributed by atoms with Crippen LogP contribution in [0, 0.1) is 0 Å². The van der Waals surface area contributed by atoms with Gasteiger partial charge >= 0.3 is 0 Å². The molecule has 0 aliphatic heterocycles. The van der Waals surface area contributed by atoms with Gasteiger partial charge in [-0.15, -0.1) is 0 Å². The molecule has 8 nitrogen and oxygen atoms in total. The fourth-order valence-corrected chi connectivity index (χ4v) is 5.04. The standard InChI is InChI=1S/C30H36ClN3O5S/c1-5-22(3)32-30(36)28(6-2)33(20-23-12-14-24(31)15-13-23)29(35)21-34(40(4,37)38)25-16-18-27(19-17-25)39-26-10-8-7-9-11-26/h7-19,22,28H,5-6,20-21H2,1-4H3,(H,32,36). The Labute approximate surface area is 241 Å². The molecule has 0 spiro atoms. The number of nitrogens with zero attached hydrogens (tertiary/aromatic N) is 2. The predicted octanol–water partition coefficient (Wildman–Crippen LogP) is 5.62. The Hall–Kier alpha value is -3.56. The first kappa shape index (κ1) is 31.0. The highest BCUT2D eigenvalue weighted by atomic mass is 35.5. The summed E-state index contributed by atoms with van der Waals surface area (Å²) in [5.41, 5.74) is 1.07. The third-order valence-corrected chi connectivity index (χ3v) is 7.83. The molecule has 1 N–H and O–H groups in total. The molecular formula is C30H36ClN3O5S. The zero-order chi connectivity index (χ0) is 29.3. The number of ether oxygens (including phenoxy) is 1. The van der Waals surface area contributed by atoms with Crippen molar-refractivity contribution < 1.29 is 22.7 Å². The van der Waals surface area contributed by atoms with Gasteiger partial charge in [-0.25, -0.2) is 8.42 Å². The first-order chi connectivity index (χ1) is 19.0. The van der Waals surface area contributed by atoms with Gasteiger partial charge in [0.15, 0.2) is 0 Å². The van der Waals surface area contributed by atoms with Crippen LogP contribution in [0.4, 0.5) is 5.69 Å². The minimum absolute atomic E-state index is 0.0711. The topological polar surface area (TPSA) is 96.0 Å². The summed E-state index contributed by atoms with van der Waals surface area (Å²) in [5, 5.41) is 3.50. The largest absolute Gasteiger partial charge is 0.457 e. The van der Waals surface area contributed by atoms with Crippen LogP contribution in [-0.4, -0.2) is 50.0 Å². The van der Waals surface area contributed by atoms with E-state index in [1.54, 1.807) is 48.5 Å². The van der Waals surface area contributed by atoms with Crippen LogP contribution in [0.25, 0.3) is 0 Å². The molecule has 0 aliphatic rings. The maximum atomic E-state index is 13.8. The van der Waals surface area contributed by atoms with E-state index in [9.17, 15) is 18.0 Å². The van der Waals surface area contributed by atoms with Gasteiger partial charge < -0.3 is 15.0 Å². The molecule has 2 atom stereocenters. The van der Waals surface area contributed by atoms with Crippen molar-refractivity contribution >= 4 is 39.1 Å². The van der Waals surface area contributed by atoms with E-state index in [0.29, 0.717) is 28.6 Å². The molecule has 0 saturated heterocycles. The number of nitrogens with one attached hydrogen (secondary N) is 1. The molecule has 0 aromatic heterocycles. The first-order valence-corrected chi connectivity index (χ1v) is 15.4. The predicted molar refractivity (Wildman–Crippen MR) is 159 cm³/mol. The van der Waals surface area contributed by atoms with E-state index in [2.05, 4.69) is 5.32 Å². The number of anilines is 1. The number of benzene rings is 3. The van der Waals surface area contributed by atoms with Crippen molar-refractivity contribution in [2.75, 3.05) is 17.1 Å². The van der Waals surface area contributed by atoms with Gasteiger partial charge in [0.1, 0.15) is 24.1 Å². The molecule has 3 aromatic rings. The van der Waals surface area contributed by atoms with Crippen molar-refractivity contribution in [3.8, 4) is 11.5 Å². The number of amides is 2. The Balaban J connectivity index is 1.89. The number of hydrogen-bond donors (Lipinski definition) is 1. The summed E-state index contributed by atoms with van der Waals surface area (Å²) >= 11 is 6.04. The van der Waals surface area contributed by atoms with Gasteiger partial charge in [-0.3, -0.25) is 13.9 Å². The summed E-state index contributed by atoms with van der Waals surface area (Å²) in [6.45, 7) is 5.32. The Morgan fingerprint density at radius 2 is 1.50 bits per heavy atom. The number of para-hydroxylation sites is 1. The van der Waals surface area contributed by atoms with Crippen LogP contribution >= 0.6 is 11.6 Å². The van der Waals surface area contributed by atoms with E-state index in [1.807, 2.05) is 51.1 Å². The summed E-state index contributed by atoms with van der Waals surface area (Å²) in [7, 11) is -3.85. The lowest BCUT2D eigenvalue weighted by Gasteiger charge is -2.33. The maximum Gasteiger partial charge on any atom is 0.244 e. The molecule has 0 bridgehead atoms. The number of carbonyl (C=O) groups excluding carboxylic acids is 2. The van der Waals surface area contributed by atoms with E-state index in [0.717, 1.165) is 22.5 Å². The van der Waals surface area contributed by atoms with Crippen LogP contribution in [0.5, 0.6) is 11.5 Å². The van der Waals surface area contributed by atoms with Crippen LogP contribution < -0.4 is 14.4 Å². The van der Waals surface area contributed by atoms with Gasteiger partial charge in [-0.05, 0) is 73.9 Å². The molecule has 3 rings (SSSR count). The van der Waals surface area contributed by atoms with Crippen molar-refractivity contribution in [1.29, 1.82) is 0 Å². The van der Waals surface area contributed by atoms with E-state index in [1.165, 1.54) is 4.90 Å². The number of sulfonamides is 1. The minimum Gasteiger partial charge on any atom is -0.457 e. The number of carbonyl (C=O) groups is 2. The second-order valence-corrected chi connectivity index (χ2v) is 11.9. The molecule has 214 valence electrons. The van der Waals surface area contributed by atoms with Crippen LogP contribution in [0.1, 0.15) is 39.2 Å². The Morgan fingerprint density at radius 3 is 2.05 bits per heavy atom. The lowest BCUT2D eigenvalue weighted by Crippen LogP contribution is -2.53. The smallest absolute Gasteiger partial charge is 0.244 e. The molecule has 0 saturated carbocycles. The maximum absolute atomic E-state index is 13.8. The highest BCUT2D eigenvalue weighted by Gasteiger charge is 2.32. The molecule has 2 amide bonds. The summed E-state index contributed by atoms with van der Waals surface area (Å²) in [6, 6.07) is 21.8. The molecule has 10 heteroatoms. The van der Waals surface area contributed by atoms with Gasteiger partial charge in [0.25, 0.3) is 0 Å². The van der Waals surface area contributed by atoms with Crippen LogP contribution in [0.3, 0.4) is 0 Å². The third-order valence-electron chi connectivity index (χ3n) is 6.44. The number of rotatable bonds is 13. The average Bonchev–Trinajstić information content (AvgIpc) is 2.93. The normalized spacial score (nSPS) is 12.7. The van der Waals surface area contributed by atoms with E-state index < -0.39 is 28.5 Å². The monoisotopic (exact) mass is 585 g/mol. The minimum atomic E-state index is -3.85. The molecule has 2 unspecified atom stereocenters. The van der Waals surface area contributed by atoms with Gasteiger partial charge in [-0.1, -0.05) is 55.8 Å². The van der Waals surface area contributed by atoms with Gasteiger partial charge in [-0.2, -0.15) is 0 Å². The Kier molecular flexibility index (Phi) is 11.0. The second-order valence-electron chi connectivity index (χ2n) is 9.57. The van der Waals surface area contributed by atoms with Gasteiger partial charge in [0.2, 0.25) is 21.8 Å². The molecule has 3 aromatic carbocycles. The molecule has 0 aliphatic carbocycles. The quantitative estimate of drug-likeness (QED) is 0.281. The average molecular weight is 586 g/mol. The summed E-state index contributed by atoms with van der Waals surface area (Å²) in [4.78, 5) is 28.4. The summed E-state index contributed by atoms with van der Waals surface area (Å²) < 4.78 is 32.5. The van der Waals surface area contributed by atoms with E-state index >= 15 is 0 Å². The van der Waals surface area contributed by atoms with Crippen molar-refractivity contribution in [3.63, 3.8) is 0 Å². The van der Waals surface area contributed by atoms with Crippen LogP contribution in [0.15, 0.2) is 78.9 Å². The summed E-state index contributed by atoms with van der Waals surface area (Å²) in [5.74, 6) is 0.375. The third kappa shape index (κ3) is 8.72. The lowest BCUT2D eigenvalue weighted by molar-refractivity contribution is -0.140. The van der Waals surface area contributed by atoms with E-state index in [-0.39, 0.29) is 18.5 Å². The number of hydrogen-bond acceptors (Lipinski definition) is 5. The summed E-state index contributed by atoms with van der Waals surface area (Å²) in [6.07, 6.45) is 2.14. The molecular weight excluding hydrogens is 550 g/mol. The van der Waals surface area contributed by atoms with Crippen molar-refractivity contribution in [2.24, 2.45) is 0 Å². The molecule has 0 fully saturated rings. The number of halogens is 1. The molecule has 0 heterocycles. The first-order valence-electron chi connectivity index (χ1n) is 13.2. The van der Waals surface area contributed by atoms with Gasteiger partial charge in [0, 0.05) is 17.6 Å². The zero-order valence-corrected chi connectivity index (χ0v) is 24.8. The van der Waals surface area contributed by atoms with Crippen molar-refractivity contribution in [2.45, 2.75) is 52.2 Å². The SMILES string of the molecule is CCC(C)NC(=O)C(CC)N(Cc1ccc(Cl)cc1)C(=O)CN(c1ccc(Oc2ccccc2)cc1)S(C)(=O)=O. The fraction of sp³-hybridized carbons (Fsp3) is 0.333. The van der Waals surface area contributed by atoms with Crippen molar-refractivity contribution in [3.05, 3.63) is 89.4 Å². The van der Waals surface area contributed by atoms with Crippen LogP contribution in [0.2, 0.25) is 5.02 Å². The van der Waals surface area contributed by atoms with E-state index in [4.69, 9.17) is 16.3 Å². The Morgan fingerprint density at radius 1 is 0.900 bits per heavy atom. The fourth-order valence-electron chi connectivity index (χ4n) is 4.07. The van der Waals surface area contributed by atoms with Crippen molar-refractivity contribution in [1.82, 2.24) is 10.2 Å². The highest BCUT2D eigenvalue weighted by molar-refractivity contribution is 7.92.